The molecule has 4 aliphatic rings. The molecule has 9 rings (SSSR count). The van der Waals surface area contributed by atoms with Crippen LogP contribution in [0.4, 0.5) is 28.4 Å². The van der Waals surface area contributed by atoms with E-state index in [9.17, 15) is 9.59 Å². The fourth-order valence-corrected chi connectivity index (χ4v) is 10.00. The SMILES string of the molecule is COCCOCCOCCN(CC(C)(C)S(C)=S)c1cc(COc2cc3c(cc2OC)C(=O)N2c4ccccc4C[C@H]2C=N3)cc(COc2cc3c(cc2OC)C(=O)N2c4ccccc4C[C@H]2CN3)c1. The number of carbonyl (C=O) groups excluding carboxylic acids is 2. The molecular formula is C54H61N5O9S2. The molecule has 14 nitrogen and oxygen atoms in total. The van der Waals surface area contributed by atoms with Crippen molar-refractivity contribution < 1.29 is 42.7 Å². The number of carbonyl (C=O) groups is 2. The molecule has 0 fully saturated rings. The molecule has 0 saturated heterocycles. The fraction of sp³-hybridized carbons (Fsp3) is 0.389. The zero-order chi connectivity index (χ0) is 48.9. The number of nitrogens with one attached hydrogen (secondary N) is 1. The second kappa shape index (κ2) is 21.5. The highest BCUT2D eigenvalue weighted by molar-refractivity contribution is 8.29. The standard InChI is InChI=1S/C54H61N5O9S2/c1-54(2,70(6)69)34-57(15-16-65-19-20-66-18-17-62-3)39-22-35(32-67-50-28-44-42(26-48(50)63-4)52(60)58-40(30-55-44)24-37-11-7-9-13-46(37)58)21-36(23-39)33-68-51-29-45-43(27-49(51)64-5)53(61)59-41(31-56-45)25-38-12-8-10-14-47(38)59/h7-14,21-23,26-30,40-41,56H,15-20,24-25,31-34H2,1-6H3/t40-,41-,70?/m0/s1. The topological polar surface area (TPSA) is 133 Å². The molecule has 0 aromatic heterocycles. The minimum Gasteiger partial charge on any atom is -0.493 e. The molecular weight excluding hydrogens is 927 g/mol. The Morgan fingerprint density at radius 1 is 0.729 bits per heavy atom. The third-order valence-electron chi connectivity index (χ3n) is 13.3. The molecule has 4 aliphatic heterocycles. The maximum Gasteiger partial charge on any atom is 0.261 e. The second-order valence-electron chi connectivity index (χ2n) is 18.4. The lowest BCUT2D eigenvalue weighted by Crippen LogP contribution is -2.43. The van der Waals surface area contributed by atoms with Crippen molar-refractivity contribution in [2.75, 3.05) is 100 Å². The summed E-state index contributed by atoms with van der Waals surface area (Å²) in [5, 5.41) is 3.54. The van der Waals surface area contributed by atoms with E-state index in [1.54, 1.807) is 39.5 Å². The van der Waals surface area contributed by atoms with Gasteiger partial charge in [-0.05, 0) is 91.2 Å². The monoisotopic (exact) mass is 987 g/mol. The average Bonchev–Trinajstić information content (AvgIpc) is 3.86. The Kier molecular flexibility index (Phi) is 15.1. The molecule has 4 heterocycles. The molecule has 0 saturated carbocycles. The smallest absolute Gasteiger partial charge is 0.261 e. The summed E-state index contributed by atoms with van der Waals surface area (Å²) in [5.74, 6) is 1.62. The molecule has 70 heavy (non-hydrogen) atoms. The average molecular weight is 988 g/mol. The highest BCUT2D eigenvalue weighted by Crippen LogP contribution is 2.43. The van der Waals surface area contributed by atoms with Crippen LogP contribution in [-0.4, -0.2) is 115 Å². The van der Waals surface area contributed by atoms with Gasteiger partial charge in [-0.15, -0.1) is 9.45 Å². The zero-order valence-electron chi connectivity index (χ0n) is 40.7. The van der Waals surface area contributed by atoms with Gasteiger partial charge < -0.3 is 48.3 Å². The quantitative estimate of drug-likeness (QED) is 0.0713. The Morgan fingerprint density at radius 2 is 1.33 bits per heavy atom. The van der Waals surface area contributed by atoms with Gasteiger partial charge in [0, 0.05) is 73.3 Å². The predicted octanol–water partition coefficient (Wildman–Crippen LogP) is 8.12. The van der Waals surface area contributed by atoms with Crippen LogP contribution < -0.4 is 39.0 Å². The third kappa shape index (κ3) is 10.4. The largest absolute Gasteiger partial charge is 0.493 e. The van der Waals surface area contributed by atoms with Gasteiger partial charge in [0.1, 0.15) is 13.2 Å². The van der Waals surface area contributed by atoms with Crippen molar-refractivity contribution >= 4 is 67.1 Å². The number of aliphatic imine (C=N–C) groups is 1. The minimum atomic E-state index is -0.324. The number of anilines is 4. The van der Waals surface area contributed by atoms with Gasteiger partial charge in [-0.2, -0.15) is 0 Å². The first-order chi connectivity index (χ1) is 34.0. The molecule has 2 amide bonds. The number of rotatable bonds is 21. The van der Waals surface area contributed by atoms with Gasteiger partial charge in [-0.3, -0.25) is 19.5 Å². The Hall–Kier alpha value is -6.04. The summed E-state index contributed by atoms with van der Waals surface area (Å²) in [5.41, 5.74) is 8.99. The van der Waals surface area contributed by atoms with E-state index in [1.807, 2.05) is 58.5 Å². The molecule has 3 atom stereocenters. The molecule has 368 valence electrons. The van der Waals surface area contributed by atoms with Gasteiger partial charge in [0.2, 0.25) is 0 Å². The maximum atomic E-state index is 14.2. The first-order valence-electron chi connectivity index (χ1n) is 23.6. The third-order valence-corrected chi connectivity index (χ3v) is 16.4. The number of amides is 2. The van der Waals surface area contributed by atoms with E-state index in [2.05, 4.69) is 60.7 Å². The summed E-state index contributed by atoms with van der Waals surface area (Å²) in [4.78, 5) is 39.2. The van der Waals surface area contributed by atoms with Crippen molar-refractivity contribution in [3.05, 3.63) is 124 Å². The van der Waals surface area contributed by atoms with E-state index in [4.69, 9.17) is 49.3 Å². The van der Waals surface area contributed by atoms with Crippen LogP contribution in [0.5, 0.6) is 23.0 Å². The molecule has 5 aromatic carbocycles. The Balaban J connectivity index is 1.00. The maximum absolute atomic E-state index is 14.2. The first kappa shape index (κ1) is 49.0. The van der Waals surface area contributed by atoms with Crippen molar-refractivity contribution in [2.45, 2.75) is 56.7 Å². The summed E-state index contributed by atoms with van der Waals surface area (Å²) in [6.07, 6.45) is 5.42. The highest BCUT2D eigenvalue weighted by Gasteiger charge is 2.39. The number of methoxy groups -OCH3 is 3. The van der Waals surface area contributed by atoms with Crippen LogP contribution in [0.15, 0.2) is 96.0 Å². The lowest BCUT2D eigenvalue weighted by molar-refractivity contribution is 0.0264. The Labute approximate surface area is 417 Å². The first-order valence-corrected chi connectivity index (χ1v) is 26.2. The van der Waals surface area contributed by atoms with E-state index in [0.29, 0.717) is 105 Å². The van der Waals surface area contributed by atoms with Crippen molar-refractivity contribution in [1.29, 1.82) is 0 Å². The molecule has 0 radical (unpaired) electrons. The summed E-state index contributed by atoms with van der Waals surface area (Å²) in [6, 6.07) is 29.3. The Morgan fingerprint density at radius 3 is 2.00 bits per heavy atom. The van der Waals surface area contributed by atoms with Gasteiger partial charge in [0.25, 0.3) is 11.8 Å². The molecule has 1 unspecified atom stereocenters. The number of hydrogen-bond acceptors (Lipinski definition) is 13. The lowest BCUT2D eigenvalue weighted by atomic mass is 10.1. The molecule has 1 N–H and O–H groups in total. The van der Waals surface area contributed by atoms with E-state index in [-0.39, 0.29) is 51.3 Å². The number of fused-ring (bicyclic) bond motifs is 8. The van der Waals surface area contributed by atoms with Crippen LogP contribution in [0.25, 0.3) is 0 Å². The number of nitrogens with zero attached hydrogens (tertiary/aromatic N) is 4. The number of benzene rings is 5. The minimum absolute atomic E-state index is 0.00958. The number of hydrogen-bond donors (Lipinski definition) is 1. The Bertz CT molecular complexity index is 2800. The van der Waals surface area contributed by atoms with Crippen LogP contribution in [0.2, 0.25) is 0 Å². The normalized spacial score (nSPS) is 17.0. The van der Waals surface area contributed by atoms with Gasteiger partial charge in [0.05, 0.1) is 81.8 Å². The van der Waals surface area contributed by atoms with Crippen molar-refractivity contribution in [3.63, 3.8) is 0 Å². The summed E-state index contributed by atoms with van der Waals surface area (Å²) < 4.78 is 41.6. The predicted molar refractivity (Wildman–Crippen MR) is 280 cm³/mol. The van der Waals surface area contributed by atoms with Crippen LogP contribution in [0, 0.1) is 0 Å². The van der Waals surface area contributed by atoms with Crippen molar-refractivity contribution in [2.24, 2.45) is 4.99 Å². The van der Waals surface area contributed by atoms with Crippen LogP contribution in [0.1, 0.15) is 56.8 Å². The number of ether oxygens (including phenoxy) is 7. The van der Waals surface area contributed by atoms with Crippen LogP contribution in [-0.2, 0) is 60.9 Å². The summed E-state index contributed by atoms with van der Waals surface area (Å²) in [7, 11) is 4.48. The van der Waals surface area contributed by atoms with Gasteiger partial charge in [-0.1, -0.05) is 47.6 Å². The molecule has 5 aromatic rings. The lowest BCUT2D eigenvalue weighted by Gasteiger charge is -2.35. The van der Waals surface area contributed by atoms with Crippen molar-refractivity contribution in [1.82, 2.24) is 0 Å². The van der Waals surface area contributed by atoms with Gasteiger partial charge in [0.15, 0.2) is 23.0 Å². The molecule has 0 spiro atoms. The highest BCUT2D eigenvalue weighted by atomic mass is 32.8. The summed E-state index contributed by atoms with van der Waals surface area (Å²) in [6.45, 7) is 9.01. The van der Waals surface area contributed by atoms with Gasteiger partial charge in [-0.25, -0.2) is 0 Å². The van der Waals surface area contributed by atoms with Crippen LogP contribution >= 0.6 is 0 Å². The molecule has 0 aliphatic carbocycles. The fourth-order valence-electron chi connectivity index (χ4n) is 9.50. The van der Waals surface area contributed by atoms with E-state index in [0.717, 1.165) is 45.7 Å². The van der Waals surface area contributed by atoms with Crippen LogP contribution in [0.3, 0.4) is 0 Å². The molecule has 0 bridgehead atoms. The van der Waals surface area contributed by atoms with Crippen molar-refractivity contribution in [3.8, 4) is 23.0 Å². The molecule has 16 heteroatoms. The van der Waals surface area contributed by atoms with E-state index < -0.39 is 0 Å². The van der Waals surface area contributed by atoms with Gasteiger partial charge >= 0.3 is 0 Å². The second-order valence-corrected chi connectivity index (χ2v) is 21.9. The zero-order valence-corrected chi connectivity index (χ0v) is 42.3. The number of para-hydroxylation sites is 2. The van der Waals surface area contributed by atoms with E-state index >= 15 is 0 Å². The van der Waals surface area contributed by atoms with E-state index in [1.165, 1.54) is 0 Å². The summed E-state index contributed by atoms with van der Waals surface area (Å²) >= 11 is 5.89.